The summed E-state index contributed by atoms with van der Waals surface area (Å²) in [5.74, 6) is 0.424. The molecule has 0 N–H and O–H groups in total. The lowest BCUT2D eigenvalue weighted by molar-refractivity contribution is 0.793. The monoisotopic (exact) mass is 692 g/mol. The van der Waals surface area contributed by atoms with Crippen LogP contribution >= 0.6 is 0 Å². The van der Waals surface area contributed by atoms with Gasteiger partial charge in [-0.2, -0.15) is 0 Å². The summed E-state index contributed by atoms with van der Waals surface area (Å²) in [7, 11) is -2.07. The van der Waals surface area contributed by atoms with Crippen LogP contribution < -0.4 is 20.8 Å². The molecular formula is C52H40Si. The fourth-order valence-corrected chi connectivity index (χ4v) is 13.0. The predicted octanol–water partition coefficient (Wildman–Crippen LogP) is 11.1. The van der Waals surface area contributed by atoms with E-state index in [0.29, 0.717) is 5.92 Å². The van der Waals surface area contributed by atoms with Crippen molar-refractivity contribution >= 4 is 68.5 Å². The van der Waals surface area contributed by atoms with Gasteiger partial charge in [0.05, 0.1) is 0 Å². The molecule has 0 saturated carbocycles. The summed E-state index contributed by atoms with van der Waals surface area (Å²) in [5, 5.41) is 13.9. The molecule has 4 aliphatic rings. The van der Waals surface area contributed by atoms with E-state index in [4.69, 9.17) is 0 Å². The van der Waals surface area contributed by atoms with E-state index in [9.17, 15) is 0 Å². The molecule has 1 atom stereocenters. The van der Waals surface area contributed by atoms with E-state index in [1.807, 2.05) is 0 Å². The average Bonchev–Trinajstić information content (AvgIpc) is 3.43. The summed E-state index contributed by atoms with van der Waals surface area (Å²) < 4.78 is 0. The van der Waals surface area contributed by atoms with Gasteiger partial charge in [-0.1, -0.05) is 165 Å². The fraction of sp³-hybridized carbons (Fsp3) is 0.115. The maximum Gasteiger partial charge on any atom is 0.113 e. The summed E-state index contributed by atoms with van der Waals surface area (Å²) in [6.07, 6.45) is 22.2. The Balaban J connectivity index is 1.21. The van der Waals surface area contributed by atoms with Crippen LogP contribution in [0.15, 0.2) is 157 Å². The van der Waals surface area contributed by atoms with Crippen LogP contribution in [-0.2, 0) is 0 Å². The van der Waals surface area contributed by atoms with Gasteiger partial charge < -0.3 is 0 Å². The third-order valence-corrected chi connectivity index (χ3v) is 16.1. The van der Waals surface area contributed by atoms with Gasteiger partial charge in [0.2, 0.25) is 0 Å². The lowest BCUT2D eigenvalue weighted by atomic mass is 9.78. The second-order valence-electron chi connectivity index (χ2n) is 15.9. The maximum atomic E-state index is 2.65. The molecule has 7 aromatic carbocycles. The summed E-state index contributed by atoms with van der Waals surface area (Å²) in [6, 6.07) is 44.1. The second kappa shape index (κ2) is 11.6. The first kappa shape index (κ1) is 30.8. The fourth-order valence-electron chi connectivity index (χ4n) is 9.93. The molecule has 0 amide bonds. The highest BCUT2D eigenvalue weighted by molar-refractivity contribution is 7.04. The van der Waals surface area contributed by atoms with Crippen molar-refractivity contribution in [2.75, 3.05) is 0 Å². The van der Waals surface area contributed by atoms with Crippen molar-refractivity contribution in [3.63, 3.8) is 0 Å². The van der Waals surface area contributed by atoms with Gasteiger partial charge >= 0.3 is 0 Å². The smallest absolute Gasteiger partial charge is 0.0767 e. The summed E-state index contributed by atoms with van der Waals surface area (Å²) >= 11 is 0. The molecule has 0 radical (unpaired) electrons. The number of hydrogen-bond donors (Lipinski definition) is 0. The van der Waals surface area contributed by atoms with Crippen LogP contribution in [-0.4, -0.2) is 8.07 Å². The van der Waals surface area contributed by atoms with Gasteiger partial charge in [0.15, 0.2) is 0 Å². The number of fused-ring (bicyclic) bond motifs is 8. The summed E-state index contributed by atoms with van der Waals surface area (Å²) in [4.78, 5) is 0. The molecule has 1 heterocycles. The van der Waals surface area contributed by atoms with E-state index in [-0.39, 0.29) is 0 Å². The van der Waals surface area contributed by atoms with Crippen LogP contribution in [0, 0.1) is 5.92 Å². The first-order chi connectivity index (χ1) is 26.0. The Bertz CT molecular complexity index is 2990. The lowest BCUT2D eigenvalue weighted by Gasteiger charge is -2.26. The van der Waals surface area contributed by atoms with Crippen LogP contribution in [0.3, 0.4) is 0 Å². The van der Waals surface area contributed by atoms with Gasteiger partial charge in [0, 0.05) is 5.92 Å². The van der Waals surface area contributed by atoms with Gasteiger partial charge in [-0.3, -0.25) is 0 Å². The summed E-state index contributed by atoms with van der Waals surface area (Å²) in [5.41, 5.74) is 12.5. The third-order valence-electron chi connectivity index (χ3n) is 12.6. The normalized spacial score (nSPS) is 17.7. The Morgan fingerprint density at radius 3 is 2.15 bits per heavy atom. The zero-order chi connectivity index (χ0) is 35.3. The SMILES string of the molecule is C[Si]1(C)c2cc(-c3cccc4ccccc34)ccc2-c2cc3c(C4=CC=C5C=CC=CC5C4)c4c(c(-c5ccc6ccccc6c5)c3cc21)=CCCC=4. The van der Waals surface area contributed by atoms with Crippen LogP contribution in [0.1, 0.15) is 24.8 Å². The molecule has 53 heavy (non-hydrogen) atoms. The van der Waals surface area contributed by atoms with Crippen molar-refractivity contribution in [2.24, 2.45) is 5.92 Å². The molecule has 0 spiro atoms. The molecule has 1 aliphatic heterocycles. The van der Waals surface area contributed by atoms with E-state index in [0.717, 1.165) is 19.3 Å². The van der Waals surface area contributed by atoms with Crippen molar-refractivity contribution in [1.82, 2.24) is 0 Å². The van der Waals surface area contributed by atoms with Gasteiger partial charge in [0.25, 0.3) is 0 Å². The van der Waals surface area contributed by atoms with E-state index < -0.39 is 8.07 Å². The largest absolute Gasteiger partial charge is 0.113 e. The Kier molecular flexibility index (Phi) is 6.76. The van der Waals surface area contributed by atoms with E-state index >= 15 is 0 Å². The van der Waals surface area contributed by atoms with Crippen molar-refractivity contribution in [3.05, 3.63) is 173 Å². The molecular weight excluding hydrogens is 653 g/mol. The molecule has 11 rings (SSSR count). The van der Waals surface area contributed by atoms with E-state index in [1.54, 1.807) is 10.4 Å². The molecule has 0 saturated heterocycles. The molecule has 252 valence electrons. The lowest BCUT2D eigenvalue weighted by Crippen LogP contribution is -2.49. The molecule has 7 aromatic rings. The third kappa shape index (κ3) is 4.67. The Morgan fingerprint density at radius 2 is 1.26 bits per heavy atom. The molecule has 0 nitrogen and oxygen atoms in total. The molecule has 1 heteroatoms. The van der Waals surface area contributed by atoms with Crippen LogP contribution in [0.25, 0.3) is 83.4 Å². The summed E-state index contributed by atoms with van der Waals surface area (Å²) in [6.45, 7) is 5.15. The number of rotatable bonds is 3. The van der Waals surface area contributed by atoms with Gasteiger partial charge in [-0.15, -0.1) is 0 Å². The molecule has 0 aromatic heterocycles. The number of benzene rings is 7. The van der Waals surface area contributed by atoms with Crippen molar-refractivity contribution in [3.8, 4) is 33.4 Å². The molecule has 0 bridgehead atoms. The minimum atomic E-state index is -2.07. The molecule has 1 unspecified atom stereocenters. The Morgan fingerprint density at radius 1 is 0.528 bits per heavy atom. The molecule has 0 fully saturated rings. The maximum absolute atomic E-state index is 2.65. The Labute approximate surface area is 312 Å². The first-order valence-electron chi connectivity index (χ1n) is 19.3. The van der Waals surface area contributed by atoms with Crippen LogP contribution in [0.2, 0.25) is 13.1 Å². The minimum absolute atomic E-state index is 0.424. The highest BCUT2D eigenvalue weighted by Gasteiger charge is 2.39. The van der Waals surface area contributed by atoms with Crippen molar-refractivity contribution < 1.29 is 0 Å². The quantitative estimate of drug-likeness (QED) is 0.162. The number of hydrogen-bond acceptors (Lipinski definition) is 0. The predicted molar refractivity (Wildman–Crippen MR) is 232 cm³/mol. The van der Waals surface area contributed by atoms with E-state index in [1.165, 1.54) is 92.8 Å². The highest BCUT2D eigenvalue weighted by atomic mass is 28.3. The average molecular weight is 693 g/mol. The van der Waals surface area contributed by atoms with Crippen molar-refractivity contribution in [1.29, 1.82) is 0 Å². The van der Waals surface area contributed by atoms with E-state index in [2.05, 4.69) is 177 Å². The Hall–Kier alpha value is -5.76. The van der Waals surface area contributed by atoms with Gasteiger partial charge in [-0.25, -0.2) is 0 Å². The zero-order valence-electron chi connectivity index (χ0n) is 30.3. The van der Waals surface area contributed by atoms with Crippen molar-refractivity contribution in [2.45, 2.75) is 32.4 Å². The molecule has 3 aliphatic carbocycles. The standard InChI is InChI=1S/C52H40Si/c1-53(2)49-30-38(42-21-11-17-35-14-7-8-18-41(35)42)26-27-43(49)46-31-47-48(32-50(46)53)52(40-25-23-34-13-4-6-16-37(34)29-40)45-20-10-9-19-44(45)51(47)39-24-22-33-12-3-5-15-36(33)28-39/h3-8,11-27,29-32,36H,9-10,28H2,1-2H3. The van der Waals surface area contributed by atoms with Gasteiger partial charge in [-0.05, 0) is 135 Å². The second-order valence-corrected chi connectivity index (χ2v) is 20.2. The van der Waals surface area contributed by atoms with Gasteiger partial charge in [0.1, 0.15) is 8.07 Å². The van der Waals surface area contributed by atoms with Crippen LogP contribution in [0.5, 0.6) is 0 Å². The topological polar surface area (TPSA) is 0 Å². The van der Waals surface area contributed by atoms with Crippen LogP contribution in [0.4, 0.5) is 0 Å². The zero-order valence-corrected chi connectivity index (χ0v) is 31.3. The first-order valence-corrected chi connectivity index (χ1v) is 22.3. The number of allylic oxidation sites excluding steroid dienone is 8. The minimum Gasteiger partial charge on any atom is -0.0767 e. The highest BCUT2D eigenvalue weighted by Crippen LogP contribution is 2.41.